The van der Waals surface area contributed by atoms with Gasteiger partial charge in [0.2, 0.25) is 0 Å². The molecule has 0 bridgehead atoms. The normalized spacial score (nSPS) is 11.8. The van der Waals surface area contributed by atoms with Crippen molar-refractivity contribution in [3.8, 4) is 0 Å². The largest absolute Gasteiger partial charge is 0.396 e. The first kappa shape index (κ1) is 16.5. The highest BCUT2D eigenvalue weighted by Gasteiger charge is 2.27. The predicted molar refractivity (Wildman–Crippen MR) is 85.3 cm³/mol. The van der Waals surface area contributed by atoms with Gasteiger partial charge >= 0.3 is 0 Å². The molecule has 0 aliphatic carbocycles. The second-order valence-corrected chi connectivity index (χ2v) is 7.05. The Balaban J connectivity index is 2.40. The Morgan fingerprint density at radius 2 is 1.95 bits per heavy atom. The van der Waals surface area contributed by atoms with Gasteiger partial charge in [0.1, 0.15) is 0 Å². The zero-order valence-corrected chi connectivity index (χ0v) is 13.6. The van der Waals surface area contributed by atoms with Crippen LogP contribution in [0.2, 0.25) is 0 Å². The van der Waals surface area contributed by atoms with Crippen molar-refractivity contribution >= 4 is 15.7 Å². The molecule has 0 saturated heterocycles. The summed E-state index contributed by atoms with van der Waals surface area (Å²) in [4.78, 5) is 4.03. The van der Waals surface area contributed by atoms with E-state index in [1.807, 2.05) is 19.9 Å². The highest BCUT2D eigenvalue weighted by molar-refractivity contribution is 7.92. The van der Waals surface area contributed by atoms with Crippen LogP contribution < -0.4 is 4.31 Å². The SMILES string of the molecule is CC(C)n1cnc(S(=O)(=O)N(CCCO)c2ccccc2)c1. The molecule has 0 saturated carbocycles. The van der Waals surface area contributed by atoms with Gasteiger partial charge in [0.15, 0.2) is 5.03 Å². The van der Waals surface area contributed by atoms with E-state index in [1.165, 1.54) is 16.8 Å². The van der Waals surface area contributed by atoms with Crippen LogP contribution in [0.1, 0.15) is 26.3 Å². The van der Waals surface area contributed by atoms with Gasteiger partial charge in [-0.25, -0.2) is 4.98 Å². The molecule has 0 amide bonds. The van der Waals surface area contributed by atoms with Crippen LogP contribution in [0.5, 0.6) is 0 Å². The minimum Gasteiger partial charge on any atom is -0.396 e. The Labute approximate surface area is 131 Å². The molecule has 0 aliphatic heterocycles. The number of aliphatic hydroxyl groups excluding tert-OH is 1. The average molecular weight is 323 g/mol. The highest BCUT2D eigenvalue weighted by Crippen LogP contribution is 2.23. The monoisotopic (exact) mass is 323 g/mol. The lowest BCUT2D eigenvalue weighted by Crippen LogP contribution is -2.32. The summed E-state index contributed by atoms with van der Waals surface area (Å²) in [7, 11) is -3.75. The van der Waals surface area contributed by atoms with E-state index in [0.717, 1.165) is 0 Å². The topological polar surface area (TPSA) is 75.4 Å². The third kappa shape index (κ3) is 3.48. The van der Waals surface area contributed by atoms with Crippen LogP contribution in [0.3, 0.4) is 0 Å². The van der Waals surface area contributed by atoms with E-state index in [0.29, 0.717) is 12.1 Å². The minimum atomic E-state index is -3.75. The molecule has 6 nitrogen and oxygen atoms in total. The van der Waals surface area contributed by atoms with E-state index in [-0.39, 0.29) is 24.2 Å². The van der Waals surface area contributed by atoms with Crippen molar-refractivity contribution in [3.05, 3.63) is 42.9 Å². The summed E-state index contributed by atoms with van der Waals surface area (Å²) in [6, 6.07) is 8.99. The molecule has 0 aliphatic rings. The van der Waals surface area contributed by atoms with Gasteiger partial charge < -0.3 is 9.67 Å². The molecule has 22 heavy (non-hydrogen) atoms. The van der Waals surface area contributed by atoms with Crippen molar-refractivity contribution in [1.82, 2.24) is 9.55 Å². The van der Waals surface area contributed by atoms with E-state index < -0.39 is 10.0 Å². The van der Waals surface area contributed by atoms with Crippen LogP contribution in [0.25, 0.3) is 0 Å². The molecular formula is C15H21N3O3S. The summed E-state index contributed by atoms with van der Waals surface area (Å²) < 4.78 is 28.7. The number of aliphatic hydroxyl groups is 1. The first-order valence-electron chi connectivity index (χ1n) is 7.19. The van der Waals surface area contributed by atoms with Crippen LogP contribution in [-0.2, 0) is 10.0 Å². The summed E-state index contributed by atoms with van der Waals surface area (Å²) in [5, 5.41) is 9.05. The fourth-order valence-corrected chi connectivity index (χ4v) is 3.47. The molecule has 1 heterocycles. The second-order valence-electron chi connectivity index (χ2n) is 5.24. The van der Waals surface area contributed by atoms with Gasteiger partial charge in [-0.2, -0.15) is 8.42 Å². The molecule has 0 spiro atoms. The molecule has 0 fully saturated rings. The fourth-order valence-electron chi connectivity index (χ4n) is 2.04. The Bertz CT molecular complexity index is 696. The fraction of sp³-hybridized carbons (Fsp3) is 0.400. The van der Waals surface area contributed by atoms with Crippen molar-refractivity contribution in [2.75, 3.05) is 17.5 Å². The van der Waals surface area contributed by atoms with Crippen molar-refractivity contribution in [1.29, 1.82) is 0 Å². The van der Waals surface area contributed by atoms with Gasteiger partial charge in [0.25, 0.3) is 10.0 Å². The summed E-state index contributed by atoms with van der Waals surface area (Å²) in [6.07, 6.45) is 3.42. The van der Waals surface area contributed by atoms with Crippen LogP contribution in [0.15, 0.2) is 47.9 Å². The van der Waals surface area contributed by atoms with Crippen LogP contribution >= 0.6 is 0 Å². The Kier molecular flexibility index (Phi) is 5.20. The van der Waals surface area contributed by atoms with Crippen LogP contribution in [0, 0.1) is 0 Å². The van der Waals surface area contributed by atoms with Crippen LogP contribution in [-0.4, -0.2) is 36.2 Å². The van der Waals surface area contributed by atoms with E-state index in [1.54, 1.807) is 28.8 Å². The van der Waals surface area contributed by atoms with Gasteiger partial charge in [0.05, 0.1) is 12.0 Å². The Morgan fingerprint density at radius 1 is 1.27 bits per heavy atom. The summed E-state index contributed by atoms with van der Waals surface area (Å²) in [5.74, 6) is 0. The molecule has 0 radical (unpaired) electrons. The smallest absolute Gasteiger partial charge is 0.283 e. The molecule has 1 aromatic heterocycles. The van der Waals surface area contributed by atoms with Crippen molar-refractivity contribution in [3.63, 3.8) is 0 Å². The van der Waals surface area contributed by atoms with Crippen molar-refractivity contribution in [2.45, 2.75) is 31.3 Å². The maximum absolute atomic E-state index is 12.8. The van der Waals surface area contributed by atoms with Crippen molar-refractivity contribution in [2.24, 2.45) is 0 Å². The Morgan fingerprint density at radius 3 is 2.50 bits per heavy atom. The first-order chi connectivity index (χ1) is 10.5. The number of benzene rings is 1. The number of sulfonamides is 1. The molecule has 1 N–H and O–H groups in total. The van der Waals surface area contributed by atoms with Gasteiger partial charge in [-0.05, 0) is 32.4 Å². The third-order valence-corrected chi connectivity index (χ3v) is 5.01. The highest BCUT2D eigenvalue weighted by atomic mass is 32.2. The standard InChI is InChI=1S/C15H21N3O3S/c1-13(2)17-11-15(16-12-17)22(20,21)18(9-6-10-19)14-7-4-3-5-8-14/h3-5,7-8,11-13,19H,6,9-10H2,1-2H3. The zero-order chi connectivity index (χ0) is 16.2. The number of nitrogens with zero attached hydrogens (tertiary/aromatic N) is 3. The third-order valence-electron chi connectivity index (χ3n) is 3.29. The maximum Gasteiger partial charge on any atom is 0.283 e. The summed E-state index contributed by atoms with van der Waals surface area (Å²) in [6.45, 7) is 4.05. The molecule has 120 valence electrons. The molecule has 0 atom stereocenters. The maximum atomic E-state index is 12.8. The number of aromatic nitrogens is 2. The number of hydrogen-bond donors (Lipinski definition) is 1. The van der Waals surface area contributed by atoms with Gasteiger partial charge in [-0.3, -0.25) is 4.31 Å². The first-order valence-corrected chi connectivity index (χ1v) is 8.63. The molecule has 1 aromatic carbocycles. The van der Waals surface area contributed by atoms with Gasteiger partial charge in [-0.15, -0.1) is 0 Å². The van der Waals surface area contributed by atoms with Crippen LogP contribution in [0.4, 0.5) is 5.69 Å². The van der Waals surface area contributed by atoms with E-state index in [2.05, 4.69) is 4.98 Å². The van der Waals surface area contributed by atoms with E-state index in [4.69, 9.17) is 5.11 Å². The van der Waals surface area contributed by atoms with Gasteiger partial charge in [0, 0.05) is 25.4 Å². The summed E-state index contributed by atoms with van der Waals surface area (Å²) in [5.41, 5.74) is 0.565. The molecular weight excluding hydrogens is 302 g/mol. The molecule has 7 heteroatoms. The number of anilines is 1. The Hall–Kier alpha value is -1.86. The number of imidazole rings is 1. The lowest BCUT2D eigenvalue weighted by atomic mass is 10.3. The van der Waals surface area contributed by atoms with E-state index in [9.17, 15) is 8.42 Å². The summed E-state index contributed by atoms with van der Waals surface area (Å²) >= 11 is 0. The predicted octanol–water partition coefficient (Wildman–Crippen LogP) is 2.04. The molecule has 2 aromatic rings. The quantitative estimate of drug-likeness (QED) is 0.846. The number of hydrogen-bond acceptors (Lipinski definition) is 4. The van der Waals surface area contributed by atoms with Crippen molar-refractivity contribution < 1.29 is 13.5 Å². The lowest BCUT2D eigenvalue weighted by molar-refractivity contribution is 0.291. The zero-order valence-electron chi connectivity index (χ0n) is 12.8. The minimum absolute atomic E-state index is 0.0167. The molecule has 0 unspecified atom stereocenters. The average Bonchev–Trinajstić information content (AvgIpc) is 2.99. The number of para-hydroxylation sites is 1. The van der Waals surface area contributed by atoms with Gasteiger partial charge in [-0.1, -0.05) is 18.2 Å². The lowest BCUT2D eigenvalue weighted by Gasteiger charge is -2.23. The second kappa shape index (κ2) is 6.93. The molecule has 2 rings (SSSR count). The van der Waals surface area contributed by atoms with E-state index >= 15 is 0 Å². The number of rotatable bonds is 7.